The topological polar surface area (TPSA) is 84.3 Å². The number of nitrogens with zero attached hydrogens (tertiary/aromatic N) is 3. The van der Waals surface area contributed by atoms with Crippen molar-refractivity contribution < 1.29 is 13.2 Å². The fourth-order valence-corrected chi connectivity index (χ4v) is 6.83. The summed E-state index contributed by atoms with van der Waals surface area (Å²) in [4.78, 5) is 15.6. The van der Waals surface area contributed by atoms with Crippen molar-refractivity contribution in [2.75, 3.05) is 19.6 Å². The van der Waals surface area contributed by atoms with Crippen LogP contribution in [0.3, 0.4) is 0 Å². The van der Waals surface area contributed by atoms with E-state index in [0.29, 0.717) is 18.5 Å². The van der Waals surface area contributed by atoms with Crippen molar-refractivity contribution in [2.45, 2.75) is 62.8 Å². The van der Waals surface area contributed by atoms with Gasteiger partial charge in [0.1, 0.15) is 0 Å². The van der Waals surface area contributed by atoms with E-state index in [1.54, 1.807) is 30.5 Å². The number of nitrogens with one attached hydrogen (secondary N) is 1. The molecule has 8 heteroatoms. The summed E-state index contributed by atoms with van der Waals surface area (Å²) in [7, 11) is -3.79. The van der Waals surface area contributed by atoms with Gasteiger partial charge in [0.2, 0.25) is 5.91 Å². The molecule has 4 aromatic rings. The second kappa shape index (κ2) is 12.4. The van der Waals surface area contributed by atoms with Gasteiger partial charge in [0.25, 0.3) is 10.0 Å². The van der Waals surface area contributed by atoms with Gasteiger partial charge < -0.3 is 5.32 Å². The maximum atomic E-state index is 13.3. The maximum Gasteiger partial charge on any atom is 0.283 e. The van der Waals surface area contributed by atoms with Crippen molar-refractivity contribution in [2.24, 2.45) is 0 Å². The molecule has 5 rings (SSSR count). The van der Waals surface area contributed by atoms with Crippen molar-refractivity contribution in [1.29, 1.82) is 0 Å². The molecule has 0 unspecified atom stereocenters. The number of aryl methyl sites for hydroxylation is 1. The number of carbonyl (C=O) groups is 1. The van der Waals surface area contributed by atoms with E-state index in [4.69, 9.17) is 0 Å². The van der Waals surface area contributed by atoms with Crippen molar-refractivity contribution in [1.82, 2.24) is 19.4 Å². The SMILES string of the molecule is Cc1ccc(S(=O)(=O)n2ncc3cc(C[C@@H](CNC(=O)C[C@H](C)c4ccccc4)N4CCCCC4)ccc32)cc1. The van der Waals surface area contributed by atoms with Gasteiger partial charge in [-0.1, -0.05) is 67.4 Å². The number of hydrogen-bond donors (Lipinski definition) is 1. The molecule has 1 fully saturated rings. The summed E-state index contributed by atoms with van der Waals surface area (Å²) in [6.07, 6.45) is 6.41. The molecule has 2 heterocycles. The van der Waals surface area contributed by atoms with Crippen LogP contribution in [-0.4, -0.2) is 54.1 Å². The van der Waals surface area contributed by atoms with Gasteiger partial charge in [-0.3, -0.25) is 9.69 Å². The van der Waals surface area contributed by atoms with Gasteiger partial charge in [0, 0.05) is 24.4 Å². The molecule has 1 amide bonds. The first-order valence-electron chi connectivity index (χ1n) is 14.2. The maximum absolute atomic E-state index is 13.3. The van der Waals surface area contributed by atoms with E-state index in [-0.39, 0.29) is 22.8 Å². The van der Waals surface area contributed by atoms with Crippen LogP contribution in [0.15, 0.2) is 83.9 Å². The first-order chi connectivity index (χ1) is 19.3. The Labute approximate surface area is 237 Å². The third-order valence-corrected chi connectivity index (χ3v) is 9.53. The molecular formula is C32H38N4O3S. The predicted molar refractivity (Wildman–Crippen MR) is 159 cm³/mol. The Balaban J connectivity index is 1.30. The van der Waals surface area contributed by atoms with E-state index in [0.717, 1.165) is 53.0 Å². The van der Waals surface area contributed by atoms with Crippen LogP contribution in [0.2, 0.25) is 0 Å². The summed E-state index contributed by atoms with van der Waals surface area (Å²) in [5, 5.41) is 8.24. The molecule has 0 bridgehead atoms. The number of fused-ring (bicyclic) bond motifs is 1. The van der Waals surface area contributed by atoms with Gasteiger partial charge in [-0.2, -0.15) is 17.6 Å². The van der Waals surface area contributed by atoms with E-state index in [1.165, 1.54) is 12.0 Å². The molecule has 2 atom stereocenters. The predicted octanol–water partition coefficient (Wildman–Crippen LogP) is 5.29. The molecule has 0 radical (unpaired) electrons. The van der Waals surface area contributed by atoms with Crippen LogP contribution in [0.1, 0.15) is 55.2 Å². The molecule has 1 N–H and O–H groups in total. The molecule has 40 heavy (non-hydrogen) atoms. The highest BCUT2D eigenvalue weighted by atomic mass is 32.2. The van der Waals surface area contributed by atoms with Crippen molar-refractivity contribution in [3.05, 3.63) is 95.7 Å². The number of amides is 1. The largest absolute Gasteiger partial charge is 0.355 e. The molecule has 7 nitrogen and oxygen atoms in total. The highest BCUT2D eigenvalue weighted by Gasteiger charge is 2.24. The van der Waals surface area contributed by atoms with Gasteiger partial charge >= 0.3 is 0 Å². The van der Waals surface area contributed by atoms with E-state index >= 15 is 0 Å². The first-order valence-corrected chi connectivity index (χ1v) is 15.6. The van der Waals surface area contributed by atoms with Crippen LogP contribution in [0.25, 0.3) is 10.9 Å². The minimum Gasteiger partial charge on any atom is -0.355 e. The number of likely N-dealkylation sites (tertiary alicyclic amines) is 1. The summed E-state index contributed by atoms with van der Waals surface area (Å²) >= 11 is 0. The second-order valence-electron chi connectivity index (χ2n) is 11.0. The lowest BCUT2D eigenvalue weighted by molar-refractivity contribution is -0.121. The van der Waals surface area contributed by atoms with Crippen LogP contribution in [0, 0.1) is 6.92 Å². The molecular weight excluding hydrogens is 520 g/mol. The molecule has 1 aromatic heterocycles. The highest BCUT2D eigenvalue weighted by molar-refractivity contribution is 7.90. The molecule has 0 saturated carbocycles. The van der Waals surface area contributed by atoms with Crippen LogP contribution in [0.4, 0.5) is 0 Å². The zero-order valence-electron chi connectivity index (χ0n) is 23.3. The lowest BCUT2D eigenvalue weighted by Gasteiger charge is -2.35. The Morgan fingerprint density at radius 1 is 0.975 bits per heavy atom. The van der Waals surface area contributed by atoms with Crippen LogP contribution < -0.4 is 5.32 Å². The molecule has 3 aromatic carbocycles. The molecule has 0 spiro atoms. The van der Waals surface area contributed by atoms with Crippen molar-refractivity contribution in [3.63, 3.8) is 0 Å². The van der Waals surface area contributed by atoms with Crippen molar-refractivity contribution >= 4 is 26.8 Å². The summed E-state index contributed by atoms with van der Waals surface area (Å²) in [5.41, 5.74) is 3.83. The lowest BCUT2D eigenvalue weighted by atomic mass is 9.97. The number of hydrogen-bond acceptors (Lipinski definition) is 5. The van der Waals surface area contributed by atoms with Gasteiger partial charge in [-0.25, -0.2) is 0 Å². The fourth-order valence-electron chi connectivity index (χ4n) is 5.55. The minimum absolute atomic E-state index is 0.0661. The number of piperidine rings is 1. The molecule has 0 aliphatic carbocycles. The Kier molecular flexibility index (Phi) is 8.66. The zero-order valence-corrected chi connectivity index (χ0v) is 24.1. The average molecular weight is 559 g/mol. The van der Waals surface area contributed by atoms with Crippen LogP contribution in [0.5, 0.6) is 0 Å². The monoisotopic (exact) mass is 558 g/mol. The normalized spacial score (nSPS) is 16.1. The summed E-state index contributed by atoms with van der Waals surface area (Å²) in [6, 6.07) is 23.0. The van der Waals surface area contributed by atoms with Crippen molar-refractivity contribution in [3.8, 4) is 0 Å². The number of aromatic nitrogens is 2. The Bertz CT molecular complexity index is 1540. The minimum atomic E-state index is -3.79. The lowest BCUT2D eigenvalue weighted by Crippen LogP contribution is -2.47. The number of carbonyl (C=O) groups excluding carboxylic acids is 1. The zero-order chi connectivity index (χ0) is 28.1. The fraction of sp³-hybridized carbons (Fsp3) is 0.375. The van der Waals surface area contributed by atoms with Crippen LogP contribution in [-0.2, 0) is 21.2 Å². The quantitative estimate of drug-likeness (QED) is 0.286. The number of benzene rings is 3. The Morgan fingerprint density at radius 2 is 1.70 bits per heavy atom. The molecule has 210 valence electrons. The third-order valence-electron chi connectivity index (χ3n) is 7.92. The van der Waals surface area contributed by atoms with Gasteiger partial charge in [-0.15, -0.1) is 0 Å². The average Bonchev–Trinajstić information content (AvgIpc) is 3.40. The standard InChI is InChI=1S/C32H38N4O3S/c1-24-11-14-30(15-12-24)40(38,39)36-31-16-13-26(20-28(31)22-34-36)21-29(35-17-7-4-8-18-35)23-33-32(37)19-25(2)27-9-5-3-6-10-27/h3,5-6,9-16,20,22,25,29H,4,7-8,17-19,21,23H2,1-2H3,(H,33,37)/t25-,29-/m0/s1. The van der Waals surface area contributed by atoms with Gasteiger partial charge in [-0.05, 0) is 80.6 Å². The number of rotatable bonds is 10. The molecule has 1 aliphatic rings. The van der Waals surface area contributed by atoms with E-state index in [1.807, 2.05) is 43.3 Å². The third kappa shape index (κ3) is 6.45. The Morgan fingerprint density at radius 3 is 2.42 bits per heavy atom. The first kappa shape index (κ1) is 28.1. The van der Waals surface area contributed by atoms with Crippen LogP contribution >= 0.6 is 0 Å². The molecule has 1 saturated heterocycles. The second-order valence-corrected chi connectivity index (χ2v) is 12.7. The van der Waals surface area contributed by atoms with E-state index < -0.39 is 10.0 Å². The summed E-state index contributed by atoms with van der Waals surface area (Å²) in [5.74, 6) is 0.223. The van der Waals surface area contributed by atoms with E-state index in [9.17, 15) is 13.2 Å². The van der Waals surface area contributed by atoms with E-state index in [2.05, 4.69) is 34.4 Å². The van der Waals surface area contributed by atoms with Gasteiger partial charge in [0.15, 0.2) is 0 Å². The highest BCUT2D eigenvalue weighted by Crippen LogP contribution is 2.24. The summed E-state index contributed by atoms with van der Waals surface area (Å²) in [6.45, 7) is 6.64. The Hall–Kier alpha value is -3.49. The van der Waals surface area contributed by atoms with Gasteiger partial charge in [0.05, 0.1) is 16.6 Å². The summed E-state index contributed by atoms with van der Waals surface area (Å²) < 4.78 is 27.6. The smallest absolute Gasteiger partial charge is 0.283 e. The molecule has 1 aliphatic heterocycles.